The van der Waals surface area contributed by atoms with E-state index in [2.05, 4.69) is 6.07 Å². The van der Waals surface area contributed by atoms with Crippen LogP contribution in [0.3, 0.4) is 0 Å². The average molecular weight is 431 g/mol. The molecule has 2 aliphatic heterocycles. The van der Waals surface area contributed by atoms with Crippen molar-refractivity contribution in [2.75, 3.05) is 19.8 Å². The zero-order chi connectivity index (χ0) is 21.9. The number of hydrogen-bond donors (Lipinski definition) is 0. The van der Waals surface area contributed by atoms with Crippen LogP contribution in [-0.2, 0) is 5.41 Å². The molecule has 1 aromatic heterocycles. The van der Waals surface area contributed by atoms with E-state index in [4.69, 9.17) is 13.9 Å². The molecule has 1 amide bonds. The molecule has 6 heteroatoms. The molecule has 1 saturated carbocycles. The maximum absolute atomic E-state index is 13.7. The van der Waals surface area contributed by atoms with Gasteiger partial charge in [-0.1, -0.05) is 31.0 Å². The zero-order valence-electron chi connectivity index (χ0n) is 18.1. The molecule has 32 heavy (non-hydrogen) atoms. The van der Waals surface area contributed by atoms with Crippen LogP contribution in [0, 0.1) is 0 Å². The van der Waals surface area contributed by atoms with Gasteiger partial charge in [-0.3, -0.25) is 4.79 Å². The molecule has 1 atom stereocenters. The minimum atomic E-state index is -0.589. The van der Waals surface area contributed by atoms with Crippen LogP contribution < -0.4 is 15.1 Å². The Balaban J connectivity index is 1.46. The summed E-state index contributed by atoms with van der Waals surface area (Å²) in [6, 6.07) is 12.9. The highest BCUT2D eigenvalue weighted by Gasteiger charge is 2.46. The van der Waals surface area contributed by atoms with Gasteiger partial charge in [-0.05, 0) is 55.2 Å². The third kappa shape index (κ3) is 2.85. The highest BCUT2D eigenvalue weighted by atomic mass is 16.6. The molecule has 164 valence electrons. The van der Waals surface area contributed by atoms with Gasteiger partial charge in [0.2, 0.25) is 0 Å². The van der Waals surface area contributed by atoms with Gasteiger partial charge in [0.25, 0.3) is 5.91 Å². The number of hydrogen-bond acceptors (Lipinski definition) is 5. The van der Waals surface area contributed by atoms with Gasteiger partial charge in [0.15, 0.2) is 11.5 Å². The summed E-state index contributed by atoms with van der Waals surface area (Å²) in [4.78, 5) is 28.3. The van der Waals surface area contributed by atoms with Crippen LogP contribution in [0.1, 0.15) is 60.1 Å². The molecule has 1 fully saturated rings. The molecule has 0 bridgehead atoms. The van der Waals surface area contributed by atoms with Crippen molar-refractivity contribution in [3.63, 3.8) is 0 Å². The smallest absolute Gasteiger partial charge is 0.349 e. The lowest BCUT2D eigenvalue weighted by atomic mass is 9.71. The number of ether oxygens (including phenoxy) is 2. The first-order valence-electron chi connectivity index (χ1n) is 11.3. The molecule has 1 spiro atoms. The maximum Gasteiger partial charge on any atom is 0.349 e. The fourth-order valence-corrected chi connectivity index (χ4v) is 5.72. The topological polar surface area (TPSA) is 69.0 Å². The van der Waals surface area contributed by atoms with Gasteiger partial charge in [-0.25, -0.2) is 4.79 Å². The van der Waals surface area contributed by atoms with Gasteiger partial charge in [-0.2, -0.15) is 0 Å². The number of amides is 1. The fraction of sp³-hybridized carbons (Fsp3) is 0.385. The zero-order valence-corrected chi connectivity index (χ0v) is 18.1. The maximum atomic E-state index is 13.7. The largest absolute Gasteiger partial charge is 0.486 e. The summed E-state index contributed by atoms with van der Waals surface area (Å²) < 4.78 is 17.2. The summed E-state index contributed by atoms with van der Waals surface area (Å²) >= 11 is 0. The number of carbonyl (C=O) groups is 1. The van der Waals surface area contributed by atoms with Crippen LogP contribution >= 0.6 is 0 Å². The van der Waals surface area contributed by atoms with Gasteiger partial charge in [0.05, 0.1) is 6.04 Å². The highest BCUT2D eigenvalue weighted by molar-refractivity contribution is 5.97. The Labute approximate surface area is 185 Å². The fourth-order valence-electron chi connectivity index (χ4n) is 5.72. The second kappa shape index (κ2) is 7.12. The van der Waals surface area contributed by atoms with E-state index in [9.17, 15) is 9.59 Å². The van der Waals surface area contributed by atoms with Crippen molar-refractivity contribution in [3.8, 4) is 11.5 Å². The Morgan fingerprint density at radius 3 is 2.53 bits per heavy atom. The predicted molar refractivity (Wildman–Crippen MR) is 120 cm³/mol. The predicted octanol–water partition coefficient (Wildman–Crippen LogP) is 4.59. The highest BCUT2D eigenvalue weighted by Crippen LogP contribution is 2.52. The van der Waals surface area contributed by atoms with Crippen molar-refractivity contribution in [3.05, 3.63) is 69.6 Å². The van der Waals surface area contributed by atoms with Crippen LogP contribution in [0.5, 0.6) is 11.5 Å². The molecule has 1 aliphatic carbocycles. The first-order chi connectivity index (χ1) is 15.6. The van der Waals surface area contributed by atoms with Crippen molar-refractivity contribution < 1.29 is 18.7 Å². The number of benzene rings is 2. The molecule has 2 aromatic carbocycles. The lowest BCUT2D eigenvalue weighted by molar-refractivity contribution is 0.0589. The van der Waals surface area contributed by atoms with E-state index in [1.165, 1.54) is 5.56 Å². The van der Waals surface area contributed by atoms with Gasteiger partial charge in [0, 0.05) is 17.3 Å². The second-order valence-corrected chi connectivity index (χ2v) is 9.16. The van der Waals surface area contributed by atoms with E-state index < -0.39 is 5.63 Å². The van der Waals surface area contributed by atoms with Crippen LogP contribution in [0.4, 0.5) is 0 Å². The Kier molecular flexibility index (Phi) is 4.32. The summed E-state index contributed by atoms with van der Waals surface area (Å²) in [5, 5.41) is 0.746. The van der Waals surface area contributed by atoms with E-state index in [1.54, 1.807) is 12.1 Å². The lowest BCUT2D eigenvalue weighted by Gasteiger charge is -2.46. The summed E-state index contributed by atoms with van der Waals surface area (Å²) in [6.07, 6.45) is 4.29. The SMILES string of the molecule is CC1c2cc3c(cc2C2(CCCC2)CN1C(=O)c1cc2ccccc2oc1=O)OCCO3. The summed E-state index contributed by atoms with van der Waals surface area (Å²) in [5.74, 6) is 1.25. The summed E-state index contributed by atoms with van der Waals surface area (Å²) in [5.41, 5.74) is 2.22. The van der Waals surface area contributed by atoms with Crippen molar-refractivity contribution >= 4 is 16.9 Å². The molecule has 3 aliphatic rings. The number of para-hydroxylation sites is 1. The second-order valence-electron chi connectivity index (χ2n) is 9.16. The van der Waals surface area contributed by atoms with E-state index in [-0.39, 0.29) is 22.9 Å². The summed E-state index contributed by atoms with van der Waals surface area (Å²) in [7, 11) is 0. The molecule has 0 saturated heterocycles. The lowest BCUT2D eigenvalue weighted by Crippen LogP contribution is -2.49. The number of nitrogens with zero attached hydrogens (tertiary/aromatic N) is 1. The van der Waals surface area contributed by atoms with Gasteiger partial charge < -0.3 is 18.8 Å². The Hall–Kier alpha value is -3.28. The van der Waals surface area contributed by atoms with Crippen molar-refractivity contribution in [1.29, 1.82) is 0 Å². The average Bonchev–Trinajstić information content (AvgIpc) is 3.29. The number of fused-ring (bicyclic) bond motifs is 4. The Morgan fingerprint density at radius 1 is 1.03 bits per heavy atom. The third-order valence-electron chi connectivity index (χ3n) is 7.37. The van der Waals surface area contributed by atoms with E-state index in [1.807, 2.05) is 36.1 Å². The van der Waals surface area contributed by atoms with E-state index in [0.717, 1.165) is 48.1 Å². The normalized spacial score (nSPS) is 21.0. The Bertz CT molecular complexity index is 1290. The Morgan fingerprint density at radius 2 is 1.75 bits per heavy atom. The molecule has 1 unspecified atom stereocenters. The quantitative estimate of drug-likeness (QED) is 0.527. The molecule has 0 N–H and O–H groups in total. The van der Waals surface area contributed by atoms with Gasteiger partial charge >= 0.3 is 5.63 Å². The molecule has 6 rings (SSSR count). The minimum Gasteiger partial charge on any atom is -0.486 e. The first kappa shape index (κ1) is 19.4. The first-order valence-corrected chi connectivity index (χ1v) is 11.3. The number of rotatable bonds is 1. The van der Waals surface area contributed by atoms with Crippen LogP contribution in [-0.4, -0.2) is 30.6 Å². The molecule has 6 nitrogen and oxygen atoms in total. The molecular weight excluding hydrogens is 406 g/mol. The third-order valence-corrected chi connectivity index (χ3v) is 7.37. The standard InChI is InChI=1S/C26H25NO5/c1-16-18-13-22-23(31-11-10-30-22)14-20(18)26(8-4-5-9-26)15-27(16)24(28)19-12-17-6-2-3-7-21(17)32-25(19)29/h2-3,6-7,12-14,16H,4-5,8-11,15H2,1H3. The molecule has 3 aromatic rings. The van der Waals surface area contributed by atoms with Crippen molar-refractivity contribution in [2.45, 2.75) is 44.1 Å². The van der Waals surface area contributed by atoms with E-state index >= 15 is 0 Å². The number of carbonyl (C=O) groups excluding carboxylic acids is 1. The molecule has 0 radical (unpaired) electrons. The molecule has 3 heterocycles. The van der Waals surface area contributed by atoms with Crippen LogP contribution in [0.25, 0.3) is 11.0 Å². The molecular formula is C26H25NO5. The van der Waals surface area contributed by atoms with Crippen LogP contribution in [0.2, 0.25) is 0 Å². The minimum absolute atomic E-state index is 0.0877. The van der Waals surface area contributed by atoms with Gasteiger partial charge in [-0.15, -0.1) is 0 Å². The summed E-state index contributed by atoms with van der Waals surface area (Å²) in [6.45, 7) is 3.69. The van der Waals surface area contributed by atoms with Gasteiger partial charge in [0.1, 0.15) is 24.4 Å². The monoisotopic (exact) mass is 431 g/mol. The van der Waals surface area contributed by atoms with Crippen molar-refractivity contribution in [1.82, 2.24) is 4.90 Å². The van der Waals surface area contributed by atoms with Crippen LogP contribution in [0.15, 0.2) is 51.7 Å². The van der Waals surface area contributed by atoms with Crippen molar-refractivity contribution in [2.24, 2.45) is 0 Å². The van der Waals surface area contributed by atoms with E-state index in [0.29, 0.717) is 25.3 Å².